The zero-order valence-electron chi connectivity index (χ0n) is 20.0. The van der Waals surface area contributed by atoms with Crippen molar-refractivity contribution < 1.29 is 27.4 Å². The molecular formula is C27H29FN2O5S. The smallest absolute Gasteiger partial charge is 0.268 e. The predicted octanol–water partition coefficient (Wildman–Crippen LogP) is 4.58. The minimum atomic E-state index is -3.86. The highest BCUT2D eigenvalue weighted by molar-refractivity contribution is 7.93. The highest BCUT2D eigenvalue weighted by Gasteiger charge is 2.36. The van der Waals surface area contributed by atoms with Crippen LogP contribution in [0.25, 0.3) is 0 Å². The van der Waals surface area contributed by atoms with Gasteiger partial charge in [0.1, 0.15) is 22.2 Å². The topological polar surface area (TPSA) is 79.3 Å². The number of hydrogen-bond donors (Lipinski definition) is 1. The first kappa shape index (κ1) is 24.5. The average molecular weight is 513 g/mol. The molecule has 1 N–H and O–H groups in total. The van der Waals surface area contributed by atoms with E-state index in [9.17, 15) is 17.9 Å². The summed E-state index contributed by atoms with van der Waals surface area (Å²) in [6, 6.07) is 17.8. The maximum atomic E-state index is 13.8. The number of rotatable bonds is 6. The maximum absolute atomic E-state index is 13.8. The fourth-order valence-corrected chi connectivity index (χ4v) is 6.50. The van der Waals surface area contributed by atoms with Gasteiger partial charge in [0.05, 0.1) is 18.9 Å². The Hall–Kier alpha value is -3.14. The third-order valence-corrected chi connectivity index (χ3v) is 8.71. The summed E-state index contributed by atoms with van der Waals surface area (Å²) in [5.41, 5.74) is 1.14. The Labute approximate surface area is 210 Å². The summed E-state index contributed by atoms with van der Waals surface area (Å²) in [7, 11) is -2.32. The molecule has 1 fully saturated rings. The van der Waals surface area contributed by atoms with Crippen LogP contribution in [0, 0.1) is 11.7 Å². The molecule has 0 unspecified atom stereocenters. The number of halogens is 1. The van der Waals surface area contributed by atoms with E-state index in [4.69, 9.17) is 9.47 Å². The van der Waals surface area contributed by atoms with Crippen molar-refractivity contribution in [3.63, 3.8) is 0 Å². The first-order valence-corrected chi connectivity index (χ1v) is 13.4. The van der Waals surface area contributed by atoms with Crippen LogP contribution in [-0.4, -0.2) is 51.7 Å². The summed E-state index contributed by atoms with van der Waals surface area (Å²) >= 11 is 0. The molecule has 5 rings (SSSR count). The molecule has 0 saturated carbocycles. The van der Waals surface area contributed by atoms with Crippen LogP contribution in [0.5, 0.6) is 17.2 Å². The van der Waals surface area contributed by atoms with Crippen LogP contribution >= 0.6 is 0 Å². The molecule has 0 aromatic heterocycles. The number of nitrogens with zero attached hydrogens (tertiary/aromatic N) is 2. The summed E-state index contributed by atoms with van der Waals surface area (Å²) in [5, 5.41) is 10.6. The van der Waals surface area contributed by atoms with Crippen molar-refractivity contribution in [3.8, 4) is 17.2 Å². The van der Waals surface area contributed by atoms with Crippen LogP contribution < -0.4 is 13.8 Å². The van der Waals surface area contributed by atoms with Crippen molar-refractivity contribution in [3.05, 3.63) is 78.1 Å². The molecule has 36 heavy (non-hydrogen) atoms. The molecule has 0 spiro atoms. The minimum absolute atomic E-state index is 0.128. The average Bonchev–Trinajstić information content (AvgIpc) is 2.97. The van der Waals surface area contributed by atoms with Gasteiger partial charge >= 0.3 is 0 Å². The third kappa shape index (κ3) is 4.91. The highest BCUT2D eigenvalue weighted by atomic mass is 32.2. The Kier molecular flexibility index (Phi) is 6.87. The van der Waals surface area contributed by atoms with E-state index < -0.39 is 16.1 Å². The van der Waals surface area contributed by atoms with Gasteiger partial charge in [-0.15, -0.1) is 0 Å². The van der Waals surface area contributed by atoms with Gasteiger partial charge in [0.15, 0.2) is 5.75 Å². The number of likely N-dealkylation sites (tertiary alicyclic amines) is 1. The van der Waals surface area contributed by atoms with Gasteiger partial charge < -0.3 is 19.5 Å². The molecule has 2 aliphatic rings. The molecule has 2 heterocycles. The lowest BCUT2D eigenvalue weighted by atomic mass is 9.96. The number of benzene rings is 3. The van der Waals surface area contributed by atoms with Crippen LogP contribution in [0.4, 0.5) is 10.1 Å². The number of anilines is 1. The Morgan fingerprint density at radius 2 is 1.78 bits per heavy atom. The predicted molar refractivity (Wildman–Crippen MR) is 135 cm³/mol. The van der Waals surface area contributed by atoms with Crippen molar-refractivity contribution in [1.82, 2.24) is 4.90 Å². The molecule has 2 aliphatic heterocycles. The summed E-state index contributed by atoms with van der Waals surface area (Å²) in [6.45, 7) is 2.22. The van der Waals surface area contributed by atoms with Gasteiger partial charge in [-0.2, -0.15) is 0 Å². The maximum Gasteiger partial charge on any atom is 0.268 e. The lowest BCUT2D eigenvalue weighted by Gasteiger charge is -2.35. The van der Waals surface area contributed by atoms with Crippen molar-refractivity contribution >= 4 is 15.7 Å². The molecule has 0 bridgehead atoms. The number of fused-ring (bicyclic) bond motifs is 2. The normalized spacial score (nSPS) is 18.5. The molecule has 0 amide bonds. The van der Waals surface area contributed by atoms with Gasteiger partial charge in [-0.05, 0) is 73.8 Å². The Morgan fingerprint density at radius 1 is 1.06 bits per heavy atom. The van der Waals surface area contributed by atoms with E-state index in [0.717, 1.165) is 25.9 Å². The van der Waals surface area contributed by atoms with Gasteiger partial charge in [0, 0.05) is 19.2 Å². The number of sulfonamides is 1. The first-order valence-electron chi connectivity index (χ1n) is 12.0. The van der Waals surface area contributed by atoms with Gasteiger partial charge in [0.2, 0.25) is 0 Å². The molecule has 3 aromatic carbocycles. The standard InChI is InChI=1S/C27H29FN2O5S/c1-34-22-10-11-25-23(16-22)30(36(32,33)27-5-3-2-4-26(27)35-25)17-19-12-14-29(15-13-19)18-24(31)20-6-8-21(28)9-7-20/h2-11,16,19,24,31H,12-15,17-18H2,1H3/t24-/m0/s1. The van der Waals surface area contributed by atoms with Gasteiger partial charge in [0.25, 0.3) is 10.0 Å². The number of ether oxygens (including phenoxy) is 2. The van der Waals surface area contributed by atoms with Crippen molar-refractivity contribution in [1.29, 1.82) is 0 Å². The Balaban J connectivity index is 1.33. The summed E-state index contributed by atoms with van der Waals surface area (Å²) in [4.78, 5) is 2.30. The summed E-state index contributed by atoms with van der Waals surface area (Å²) in [5.74, 6) is 1.11. The molecule has 9 heteroatoms. The second-order valence-electron chi connectivity index (χ2n) is 9.23. The van der Waals surface area contributed by atoms with Gasteiger partial charge in [-0.25, -0.2) is 12.8 Å². The number of aliphatic hydroxyl groups excluding tert-OH is 1. The fraction of sp³-hybridized carbons (Fsp3) is 0.333. The fourth-order valence-electron chi connectivity index (χ4n) is 4.84. The van der Waals surface area contributed by atoms with Crippen LogP contribution in [0.2, 0.25) is 0 Å². The molecule has 1 atom stereocenters. The molecule has 7 nitrogen and oxygen atoms in total. The monoisotopic (exact) mass is 512 g/mol. The number of para-hydroxylation sites is 1. The zero-order valence-corrected chi connectivity index (χ0v) is 20.8. The molecule has 1 saturated heterocycles. The van der Waals surface area contributed by atoms with E-state index in [1.165, 1.54) is 16.4 Å². The summed E-state index contributed by atoms with van der Waals surface area (Å²) < 4.78 is 53.6. The van der Waals surface area contributed by atoms with Crippen LogP contribution in [0.15, 0.2) is 71.6 Å². The molecular weight excluding hydrogens is 483 g/mol. The lowest BCUT2D eigenvalue weighted by Crippen LogP contribution is -2.42. The van der Waals surface area contributed by atoms with E-state index in [2.05, 4.69) is 4.90 Å². The highest BCUT2D eigenvalue weighted by Crippen LogP contribution is 2.44. The van der Waals surface area contributed by atoms with Gasteiger partial charge in [-0.3, -0.25) is 4.31 Å². The molecule has 0 aliphatic carbocycles. The minimum Gasteiger partial charge on any atom is -0.497 e. The number of methoxy groups -OCH3 is 1. The second-order valence-corrected chi connectivity index (χ2v) is 11.1. The summed E-state index contributed by atoms with van der Waals surface area (Å²) in [6.07, 6.45) is 0.856. The van der Waals surface area contributed by atoms with E-state index in [0.29, 0.717) is 41.6 Å². The lowest BCUT2D eigenvalue weighted by molar-refractivity contribution is 0.0904. The van der Waals surface area contributed by atoms with Crippen LogP contribution in [0.1, 0.15) is 24.5 Å². The number of β-amino-alcohol motifs (C(OH)–C–C–N with tert-alkyl or cyclic N) is 1. The van der Waals surface area contributed by atoms with E-state index in [1.54, 1.807) is 61.7 Å². The third-order valence-electron chi connectivity index (χ3n) is 6.89. The van der Waals surface area contributed by atoms with Gasteiger partial charge in [-0.1, -0.05) is 24.3 Å². The Bertz CT molecular complexity index is 1320. The molecule has 3 aromatic rings. The van der Waals surface area contributed by atoms with E-state index in [1.807, 2.05) is 0 Å². The first-order chi connectivity index (χ1) is 17.3. The number of hydrogen-bond acceptors (Lipinski definition) is 6. The van der Waals surface area contributed by atoms with Crippen LogP contribution in [-0.2, 0) is 10.0 Å². The van der Waals surface area contributed by atoms with E-state index >= 15 is 0 Å². The zero-order chi connectivity index (χ0) is 25.3. The van der Waals surface area contributed by atoms with Crippen molar-refractivity contribution in [2.24, 2.45) is 5.92 Å². The van der Waals surface area contributed by atoms with E-state index in [-0.39, 0.29) is 16.6 Å². The van der Waals surface area contributed by atoms with Crippen molar-refractivity contribution in [2.75, 3.05) is 37.6 Å². The largest absolute Gasteiger partial charge is 0.497 e. The van der Waals surface area contributed by atoms with Crippen LogP contribution in [0.3, 0.4) is 0 Å². The number of aliphatic hydroxyl groups is 1. The quantitative estimate of drug-likeness (QED) is 0.521. The second kappa shape index (κ2) is 10.1. The molecule has 190 valence electrons. The SMILES string of the molecule is COc1ccc2c(c1)N(CC1CCN(C[C@H](O)c3ccc(F)cc3)CC1)S(=O)(=O)c1ccccc1O2. The number of piperidine rings is 1. The Morgan fingerprint density at radius 3 is 2.50 bits per heavy atom. The van der Waals surface area contributed by atoms with Crippen molar-refractivity contribution in [2.45, 2.75) is 23.8 Å². The molecule has 0 radical (unpaired) electrons.